The minimum absolute atomic E-state index is 0.158. The summed E-state index contributed by atoms with van der Waals surface area (Å²) in [6.07, 6.45) is 2.99. The van der Waals surface area contributed by atoms with Gasteiger partial charge in [0, 0.05) is 23.9 Å². The zero-order valence-electron chi connectivity index (χ0n) is 14.9. The highest BCUT2D eigenvalue weighted by molar-refractivity contribution is 5.95. The van der Waals surface area contributed by atoms with Crippen molar-refractivity contribution in [1.29, 1.82) is 0 Å². The molecule has 1 N–H and O–H groups in total. The van der Waals surface area contributed by atoms with Gasteiger partial charge in [0.2, 0.25) is 5.91 Å². The zero-order valence-corrected chi connectivity index (χ0v) is 14.9. The summed E-state index contributed by atoms with van der Waals surface area (Å²) in [4.78, 5) is 14.7. The Hall–Kier alpha value is -3.20. The van der Waals surface area contributed by atoms with E-state index in [2.05, 4.69) is 20.8 Å². The molecule has 4 rings (SSSR count). The molecule has 1 atom stereocenters. The Labute approximate surface area is 160 Å². The molecule has 0 aliphatic carbocycles. The molecule has 7 nitrogen and oxygen atoms in total. The number of rotatable bonds is 5. The summed E-state index contributed by atoms with van der Waals surface area (Å²) in [5.41, 5.74) is 1.72. The average Bonchev–Trinajstić information content (AvgIpc) is 3.36. The molecule has 2 aromatic carbocycles. The molecular formula is C19H18F2N6O. The number of halogens is 2. The topological polar surface area (TPSA) is 75.9 Å². The number of likely N-dealkylation sites (tertiary alicyclic amines) is 1. The van der Waals surface area contributed by atoms with Crippen molar-refractivity contribution in [2.24, 2.45) is 0 Å². The Balaban J connectivity index is 1.46. The van der Waals surface area contributed by atoms with Crippen molar-refractivity contribution in [3.05, 3.63) is 66.0 Å². The molecule has 0 saturated carbocycles. The van der Waals surface area contributed by atoms with Crippen LogP contribution in [0.2, 0.25) is 0 Å². The van der Waals surface area contributed by atoms with Gasteiger partial charge < -0.3 is 5.32 Å². The highest BCUT2D eigenvalue weighted by Crippen LogP contribution is 2.23. The molecule has 0 unspecified atom stereocenters. The summed E-state index contributed by atoms with van der Waals surface area (Å²) in [5, 5.41) is 13.9. The molecule has 1 aromatic heterocycles. The Morgan fingerprint density at radius 2 is 2.11 bits per heavy atom. The molecular weight excluding hydrogens is 366 g/mol. The van der Waals surface area contributed by atoms with Gasteiger partial charge in [-0.3, -0.25) is 9.69 Å². The first-order valence-corrected chi connectivity index (χ1v) is 8.92. The van der Waals surface area contributed by atoms with Crippen molar-refractivity contribution in [2.75, 3.05) is 11.9 Å². The Bertz CT molecular complexity index is 978. The minimum atomic E-state index is -0.612. The van der Waals surface area contributed by atoms with Crippen LogP contribution in [0.5, 0.6) is 0 Å². The summed E-state index contributed by atoms with van der Waals surface area (Å²) >= 11 is 0. The maximum Gasteiger partial charge on any atom is 0.241 e. The van der Waals surface area contributed by atoms with E-state index in [1.54, 1.807) is 18.2 Å². The molecule has 1 fully saturated rings. The van der Waals surface area contributed by atoms with E-state index in [4.69, 9.17) is 0 Å². The fraction of sp³-hybridized carbons (Fsp3) is 0.263. The summed E-state index contributed by atoms with van der Waals surface area (Å²) in [5.74, 6) is -1.37. The van der Waals surface area contributed by atoms with Gasteiger partial charge in [-0.25, -0.2) is 13.5 Å². The summed E-state index contributed by atoms with van der Waals surface area (Å²) in [6, 6.07) is 10.3. The number of benzene rings is 2. The fourth-order valence-corrected chi connectivity index (χ4v) is 3.41. The van der Waals surface area contributed by atoms with Crippen LogP contribution in [0.1, 0.15) is 18.4 Å². The van der Waals surface area contributed by atoms with E-state index in [1.807, 2.05) is 11.0 Å². The van der Waals surface area contributed by atoms with E-state index >= 15 is 0 Å². The van der Waals surface area contributed by atoms with Gasteiger partial charge in [-0.1, -0.05) is 12.1 Å². The number of carbonyl (C=O) groups is 1. The zero-order chi connectivity index (χ0) is 19.5. The van der Waals surface area contributed by atoms with Gasteiger partial charge in [0.15, 0.2) is 0 Å². The smallest absolute Gasteiger partial charge is 0.241 e. The molecule has 28 heavy (non-hydrogen) atoms. The van der Waals surface area contributed by atoms with Crippen molar-refractivity contribution in [3.8, 4) is 5.69 Å². The van der Waals surface area contributed by atoms with Crippen molar-refractivity contribution in [3.63, 3.8) is 0 Å². The molecule has 0 spiro atoms. The van der Waals surface area contributed by atoms with E-state index in [-0.39, 0.29) is 18.5 Å². The maximum absolute atomic E-state index is 14.0. The Kier molecular flexibility index (Phi) is 5.07. The SMILES string of the molecule is O=C(Nc1cccc(-n2cnnn2)c1)[C@@H]1CCCN1Cc1ccc(F)cc1F. The molecule has 9 heteroatoms. The monoisotopic (exact) mass is 384 g/mol. The lowest BCUT2D eigenvalue weighted by atomic mass is 10.1. The number of nitrogens with zero attached hydrogens (tertiary/aromatic N) is 5. The van der Waals surface area contributed by atoms with Crippen molar-refractivity contribution < 1.29 is 13.6 Å². The van der Waals surface area contributed by atoms with Crippen molar-refractivity contribution >= 4 is 11.6 Å². The number of anilines is 1. The molecule has 1 amide bonds. The Morgan fingerprint density at radius 3 is 2.89 bits per heavy atom. The highest BCUT2D eigenvalue weighted by atomic mass is 19.1. The van der Waals surface area contributed by atoms with Crippen LogP contribution in [-0.4, -0.2) is 43.6 Å². The normalized spacial score (nSPS) is 17.0. The molecule has 1 saturated heterocycles. The van der Waals surface area contributed by atoms with Gasteiger partial charge in [-0.15, -0.1) is 5.10 Å². The predicted molar refractivity (Wildman–Crippen MR) is 97.6 cm³/mol. The number of carbonyl (C=O) groups excluding carboxylic acids is 1. The first-order valence-electron chi connectivity index (χ1n) is 8.92. The highest BCUT2D eigenvalue weighted by Gasteiger charge is 2.31. The van der Waals surface area contributed by atoms with Crippen LogP contribution in [-0.2, 0) is 11.3 Å². The summed E-state index contributed by atoms with van der Waals surface area (Å²) in [6.45, 7) is 0.939. The lowest BCUT2D eigenvalue weighted by Gasteiger charge is -2.24. The van der Waals surface area contributed by atoms with Crippen LogP contribution in [0.25, 0.3) is 5.69 Å². The van der Waals surface area contributed by atoms with Crippen molar-refractivity contribution in [1.82, 2.24) is 25.1 Å². The molecule has 144 valence electrons. The van der Waals surface area contributed by atoms with Gasteiger partial charge in [-0.05, 0) is 54.1 Å². The van der Waals surface area contributed by atoms with E-state index in [1.165, 1.54) is 23.1 Å². The number of amides is 1. The third-order valence-corrected chi connectivity index (χ3v) is 4.78. The van der Waals surface area contributed by atoms with Gasteiger partial charge in [0.05, 0.1) is 11.7 Å². The second kappa shape index (κ2) is 7.81. The molecule has 1 aliphatic heterocycles. The quantitative estimate of drug-likeness (QED) is 0.732. The Morgan fingerprint density at radius 1 is 1.21 bits per heavy atom. The second-order valence-electron chi connectivity index (χ2n) is 6.66. The third-order valence-electron chi connectivity index (χ3n) is 4.78. The first-order chi connectivity index (χ1) is 13.6. The average molecular weight is 384 g/mol. The van der Waals surface area contributed by atoms with Gasteiger partial charge in [0.25, 0.3) is 0 Å². The van der Waals surface area contributed by atoms with Gasteiger partial charge >= 0.3 is 0 Å². The van der Waals surface area contributed by atoms with Crippen LogP contribution in [0, 0.1) is 11.6 Å². The van der Waals surface area contributed by atoms with Crippen molar-refractivity contribution in [2.45, 2.75) is 25.4 Å². The molecule has 0 radical (unpaired) electrons. The predicted octanol–water partition coefficient (Wildman–Crippen LogP) is 2.54. The van der Waals surface area contributed by atoms with Crippen LogP contribution < -0.4 is 5.32 Å². The number of aromatic nitrogens is 4. The largest absolute Gasteiger partial charge is 0.325 e. The fourth-order valence-electron chi connectivity index (χ4n) is 3.41. The van der Waals surface area contributed by atoms with Gasteiger partial charge in [-0.2, -0.15) is 0 Å². The molecule has 1 aliphatic rings. The lowest BCUT2D eigenvalue weighted by Crippen LogP contribution is -2.39. The number of hydrogen-bond acceptors (Lipinski definition) is 5. The van der Waals surface area contributed by atoms with E-state index < -0.39 is 11.6 Å². The number of hydrogen-bond donors (Lipinski definition) is 1. The minimum Gasteiger partial charge on any atom is -0.325 e. The third kappa shape index (κ3) is 3.89. The second-order valence-corrected chi connectivity index (χ2v) is 6.66. The van der Waals surface area contributed by atoms with Gasteiger partial charge in [0.1, 0.15) is 18.0 Å². The molecule has 0 bridgehead atoms. The van der Waals surface area contributed by atoms with Crippen LogP contribution in [0.3, 0.4) is 0 Å². The standard InChI is InChI=1S/C19H18F2N6O/c20-14-7-6-13(17(21)9-14)11-26-8-2-5-18(26)19(28)23-15-3-1-4-16(10-15)27-12-22-24-25-27/h1,3-4,6-7,9-10,12,18H,2,5,8,11H2,(H,23,28)/t18-/m0/s1. The van der Waals surface area contributed by atoms with E-state index in [9.17, 15) is 13.6 Å². The van der Waals surface area contributed by atoms with Crippen LogP contribution >= 0.6 is 0 Å². The van der Waals surface area contributed by atoms with E-state index in [0.717, 1.165) is 18.2 Å². The molecule has 3 aromatic rings. The maximum atomic E-state index is 14.0. The van der Waals surface area contributed by atoms with Crippen LogP contribution in [0.15, 0.2) is 48.8 Å². The first kappa shape index (κ1) is 18.2. The molecule has 2 heterocycles. The number of tetrazole rings is 1. The number of nitrogens with one attached hydrogen (secondary N) is 1. The van der Waals surface area contributed by atoms with E-state index in [0.29, 0.717) is 24.2 Å². The summed E-state index contributed by atoms with van der Waals surface area (Å²) in [7, 11) is 0. The van der Waals surface area contributed by atoms with Crippen LogP contribution in [0.4, 0.5) is 14.5 Å². The summed E-state index contributed by atoms with van der Waals surface area (Å²) < 4.78 is 28.6. The lowest BCUT2D eigenvalue weighted by molar-refractivity contribution is -0.120.